The van der Waals surface area contributed by atoms with Crippen molar-refractivity contribution in [3.05, 3.63) is 12.5 Å². The molecule has 0 aliphatic rings. The van der Waals surface area contributed by atoms with E-state index in [9.17, 15) is 0 Å². The van der Waals surface area contributed by atoms with Gasteiger partial charge in [0.1, 0.15) is 5.52 Å². The van der Waals surface area contributed by atoms with E-state index in [-0.39, 0.29) is 11.1 Å². The van der Waals surface area contributed by atoms with Crippen molar-refractivity contribution in [1.29, 1.82) is 0 Å². The monoisotopic (exact) mass is 220 g/mol. The predicted molar refractivity (Wildman–Crippen MR) is 65.5 cm³/mol. The maximum absolute atomic E-state index is 4.63. The van der Waals surface area contributed by atoms with Crippen molar-refractivity contribution in [2.45, 2.75) is 52.6 Å². The van der Waals surface area contributed by atoms with Crippen LogP contribution in [0.15, 0.2) is 12.5 Å². The summed E-state index contributed by atoms with van der Waals surface area (Å²) < 4.78 is 4.09. The Morgan fingerprint density at radius 2 is 1.62 bits per heavy atom. The Morgan fingerprint density at radius 1 is 1.00 bits per heavy atom. The normalized spacial score (nSPS) is 13.6. The number of imidazole rings is 1. The zero-order valence-electron chi connectivity index (χ0n) is 10.9. The molecular formula is C12H20N4. The molecule has 0 aliphatic heterocycles. The lowest BCUT2D eigenvalue weighted by Gasteiger charge is -2.21. The summed E-state index contributed by atoms with van der Waals surface area (Å²) in [5.74, 6) is 0. The van der Waals surface area contributed by atoms with Gasteiger partial charge >= 0.3 is 0 Å². The molecule has 0 saturated carbocycles. The Morgan fingerprint density at radius 3 is 2.12 bits per heavy atom. The number of rotatable bonds is 0. The highest BCUT2D eigenvalue weighted by atomic mass is 15.4. The minimum atomic E-state index is 0.00339. The maximum atomic E-state index is 4.63. The molecule has 16 heavy (non-hydrogen) atoms. The van der Waals surface area contributed by atoms with Gasteiger partial charge in [-0.15, -0.1) is 0 Å². The zero-order valence-corrected chi connectivity index (χ0v) is 10.9. The van der Waals surface area contributed by atoms with Crippen LogP contribution in [0.4, 0.5) is 0 Å². The molecule has 4 heteroatoms. The zero-order chi connectivity index (χ0) is 12.1. The van der Waals surface area contributed by atoms with Crippen LogP contribution in [-0.4, -0.2) is 19.3 Å². The SMILES string of the molecule is CC(C)(C)n1cc2ncn(C(C)(C)C)c2n1. The summed E-state index contributed by atoms with van der Waals surface area (Å²) in [4.78, 5) is 4.40. The molecule has 0 N–H and O–H groups in total. The molecule has 0 atom stereocenters. The van der Waals surface area contributed by atoms with Gasteiger partial charge in [0.15, 0.2) is 5.65 Å². The third-order valence-electron chi connectivity index (χ3n) is 2.63. The largest absolute Gasteiger partial charge is 0.308 e. The highest BCUT2D eigenvalue weighted by Crippen LogP contribution is 2.23. The van der Waals surface area contributed by atoms with E-state index in [0.717, 1.165) is 11.2 Å². The van der Waals surface area contributed by atoms with Gasteiger partial charge < -0.3 is 4.57 Å². The van der Waals surface area contributed by atoms with Crippen LogP contribution in [0.3, 0.4) is 0 Å². The van der Waals surface area contributed by atoms with Crippen molar-refractivity contribution in [1.82, 2.24) is 19.3 Å². The number of aromatic nitrogens is 4. The van der Waals surface area contributed by atoms with Crippen molar-refractivity contribution in [2.24, 2.45) is 0 Å². The number of hydrogen-bond donors (Lipinski definition) is 0. The summed E-state index contributed by atoms with van der Waals surface area (Å²) in [5.41, 5.74) is 1.95. The van der Waals surface area contributed by atoms with Crippen LogP contribution in [0.1, 0.15) is 41.5 Å². The fraction of sp³-hybridized carbons (Fsp3) is 0.667. The molecule has 2 heterocycles. The molecule has 0 spiro atoms. The minimum Gasteiger partial charge on any atom is -0.308 e. The average Bonchev–Trinajstić information content (AvgIpc) is 2.53. The van der Waals surface area contributed by atoms with E-state index in [2.05, 4.69) is 56.2 Å². The van der Waals surface area contributed by atoms with Gasteiger partial charge in [0.2, 0.25) is 0 Å². The van der Waals surface area contributed by atoms with Crippen molar-refractivity contribution in [2.75, 3.05) is 0 Å². The third-order valence-corrected chi connectivity index (χ3v) is 2.63. The molecule has 0 aromatic carbocycles. The lowest BCUT2D eigenvalue weighted by Crippen LogP contribution is -2.24. The van der Waals surface area contributed by atoms with Crippen molar-refractivity contribution in [3.8, 4) is 0 Å². The van der Waals surface area contributed by atoms with Crippen LogP contribution >= 0.6 is 0 Å². The lowest BCUT2D eigenvalue weighted by molar-refractivity contribution is 0.351. The molecule has 0 unspecified atom stereocenters. The van der Waals surface area contributed by atoms with Crippen molar-refractivity contribution < 1.29 is 0 Å². The molecule has 0 radical (unpaired) electrons. The molecule has 0 aliphatic carbocycles. The van der Waals surface area contributed by atoms with Gasteiger partial charge in [-0.1, -0.05) is 0 Å². The molecule has 0 saturated heterocycles. The van der Waals surface area contributed by atoms with Crippen molar-refractivity contribution in [3.63, 3.8) is 0 Å². The van der Waals surface area contributed by atoms with E-state index in [1.807, 2.05) is 17.2 Å². The van der Waals surface area contributed by atoms with Crippen LogP contribution in [0.5, 0.6) is 0 Å². The number of hydrogen-bond acceptors (Lipinski definition) is 2. The smallest absolute Gasteiger partial charge is 0.182 e. The molecule has 88 valence electrons. The van der Waals surface area contributed by atoms with Gasteiger partial charge in [-0.2, -0.15) is 5.10 Å². The molecule has 0 bridgehead atoms. The van der Waals surface area contributed by atoms with Crippen LogP contribution in [0.2, 0.25) is 0 Å². The van der Waals surface area contributed by atoms with E-state index >= 15 is 0 Å². The summed E-state index contributed by atoms with van der Waals surface area (Å²) in [6.45, 7) is 12.9. The van der Waals surface area contributed by atoms with Crippen LogP contribution < -0.4 is 0 Å². The molecule has 2 rings (SSSR count). The summed E-state index contributed by atoms with van der Waals surface area (Å²) >= 11 is 0. The first-order valence-corrected chi connectivity index (χ1v) is 5.63. The van der Waals surface area contributed by atoms with E-state index in [4.69, 9.17) is 0 Å². The van der Waals surface area contributed by atoms with Gasteiger partial charge in [0.25, 0.3) is 0 Å². The van der Waals surface area contributed by atoms with E-state index in [1.54, 1.807) is 0 Å². The van der Waals surface area contributed by atoms with Crippen LogP contribution in [0.25, 0.3) is 11.2 Å². The highest BCUT2D eigenvalue weighted by Gasteiger charge is 2.21. The Labute approximate surface area is 96.3 Å². The first kappa shape index (κ1) is 11.2. The number of nitrogens with zero attached hydrogens (tertiary/aromatic N) is 4. The molecule has 2 aromatic rings. The van der Waals surface area contributed by atoms with E-state index in [1.165, 1.54) is 0 Å². The van der Waals surface area contributed by atoms with Crippen molar-refractivity contribution >= 4 is 11.2 Å². The molecular weight excluding hydrogens is 200 g/mol. The Kier molecular flexibility index (Phi) is 2.16. The molecule has 0 amide bonds. The summed E-state index contributed by atoms with van der Waals surface area (Å²) in [5, 5.41) is 4.63. The second-order valence-electron chi connectivity index (χ2n) is 6.24. The highest BCUT2D eigenvalue weighted by molar-refractivity contribution is 5.70. The number of fused-ring (bicyclic) bond motifs is 1. The fourth-order valence-electron chi connectivity index (χ4n) is 1.63. The molecule has 2 aromatic heterocycles. The van der Waals surface area contributed by atoms with Crippen LogP contribution in [0, 0.1) is 0 Å². The van der Waals surface area contributed by atoms with Crippen LogP contribution in [-0.2, 0) is 11.1 Å². The topological polar surface area (TPSA) is 35.6 Å². The third kappa shape index (κ3) is 1.72. The van der Waals surface area contributed by atoms with Gasteiger partial charge in [0, 0.05) is 5.54 Å². The Balaban J connectivity index is 2.61. The first-order valence-electron chi connectivity index (χ1n) is 5.63. The van der Waals surface area contributed by atoms with E-state index < -0.39 is 0 Å². The average molecular weight is 220 g/mol. The van der Waals surface area contributed by atoms with Gasteiger partial charge in [-0.3, -0.25) is 4.68 Å². The standard InChI is InChI=1S/C12H20N4/c1-11(2,3)15-8-13-9-7-16(12(4,5)6)14-10(9)15/h7-8H,1-6H3. The Bertz CT molecular complexity index is 505. The molecule has 0 fully saturated rings. The Hall–Kier alpha value is -1.32. The van der Waals surface area contributed by atoms with Gasteiger partial charge in [0.05, 0.1) is 18.1 Å². The van der Waals surface area contributed by atoms with Gasteiger partial charge in [-0.25, -0.2) is 4.98 Å². The second kappa shape index (κ2) is 3.09. The fourth-order valence-corrected chi connectivity index (χ4v) is 1.63. The molecule has 4 nitrogen and oxygen atoms in total. The summed E-state index contributed by atoms with van der Waals surface area (Å²) in [7, 11) is 0. The maximum Gasteiger partial charge on any atom is 0.182 e. The second-order valence-corrected chi connectivity index (χ2v) is 6.24. The predicted octanol–water partition coefficient (Wildman–Crippen LogP) is 2.74. The summed E-state index contributed by atoms with van der Waals surface area (Å²) in [6.07, 6.45) is 3.88. The minimum absolute atomic E-state index is 0.00339. The first-order chi connectivity index (χ1) is 7.19. The van der Waals surface area contributed by atoms with E-state index in [0.29, 0.717) is 0 Å². The quantitative estimate of drug-likeness (QED) is 0.684. The summed E-state index contributed by atoms with van der Waals surface area (Å²) in [6, 6.07) is 0. The van der Waals surface area contributed by atoms with Gasteiger partial charge in [-0.05, 0) is 41.5 Å². The lowest BCUT2D eigenvalue weighted by atomic mass is 10.1.